The summed E-state index contributed by atoms with van der Waals surface area (Å²) in [4.78, 5) is 13.5. The van der Waals surface area contributed by atoms with Crippen LogP contribution >= 0.6 is 0 Å². The fraction of sp³-hybridized carbons (Fsp3) is 0.692. The molecule has 0 N–H and O–H groups in total. The Labute approximate surface area is 97.7 Å². The molecule has 3 heteroatoms. The van der Waals surface area contributed by atoms with Gasteiger partial charge in [0.2, 0.25) is 5.91 Å². The zero-order chi connectivity index (χ0) is 12.3. The van der Waals surface area contributed by atoms with Crippen LogP contribution in [0.3, 0.4) is 0 Å². The quantitative estimate of drug-likeness (QED) is 0.637. The van der Waals surface area contributed by atoms with Crippen LogP contribution in [-0.4, -0.2) is 23.9 Å². The van der Waals surface area contributed by atoms with Gasteiger partial charge >= 0.3 is 0 Å². The van der Waals surface area contributed by atoms with Crippen LogP contribution in [0.2, 0.25) is 0 Å². The Morgan fingerprint density at radius 1 is 1.56 bits per heavy atom. The van der Waals surface area contributed by atoms with Crippen LogP contribution in [-0.2, 0) is 4.79 Å². The summed E-state index contributed by atoms with van der Waals surface area (Å²) in [5, 5.41) is 8.70. The first kappa shape index (κ1) is 12.8. The third-order valence-electron chi connectivity index (χ3n) is 3.05. The van der Waals surface area contributed by atoms with E-state index in [9.17, 15) is 4.79 Å². The molecule has 0 aromatic heterocycles. The summed E-state index contributed by atoms with van der Waals surface area (Å²) in [6.07, 6.45) is 3.05. The molecule has 1 amide bonds. The van der Waals surface area contributed by atoms with Gasteiger partial charge in [0.15, 0.2) is 0 Å². The third kappa shape index (κ3) is 2.85. The Morgan fingerprint density at radius 3 is 2.56 bits per heavy atom. The van der Waals surface area contributed by atoms with E-state index in [-0.39, 0.29) is 11.3 Å². The second-order valence-electron chi connectivity index (χ2n) is 5.36. The normalized spacial score (nSPS) is 18.7. The van der Waals surface area contributed by atoms with Gasteiger partial charge in [-0.15, -0.1) is 0 Å². The van der Waals surface area contributed by atoms with Crippen LogP contribution in [0.4, 0.5) is 0 Å². The lowest BCUT2D eigenvalue weighted by molar-refractivity contribution is -0.133. The Balaban J connectivity index is 2.65. The number of carbonyl (C=O) groups is 1. The fourth-order valence-corrected chi connectivity index (χ4v) is 1.88. The molecule has 0 aromatic rings. The molecule has 1 aliphatic rings. The maximum Gasteiger partial charge on any atom is 0.239 e. The molecule has 1 atom stereocenters. The topological polar surface area (TPSA) is 44.1 Å². The SMILES string of the molecule is CC(C#N)C(=O)N1CC=C(C(C)(C)C)CC1. The molecule has 1 rings (SSSR count). The van der Waals surface area contributed by atoms with Crippen molar-refractivity contribution in [2.75, 3.05) is 13.1 Å². The molecule has 0 saturated heterocycles. The van der Waals surface area contributed by atoms with Crippen molar-refractivity contribution in [3.8, 4) is 6.07 Å². The van der Waals surface area contributed by atoms with Gasteiger partial charge in [-0.1, -0.05) is 32.4 Å². The average molecular weight is 220 g/mol. The second-order valence-corrected chi connectivity index (χ2v) is 5.36. The van der Waals surface area contributed by atoms with E-state index in [2.05, 4.69) is 26.8 Å². The first-order valence-electron chi connectivity index (χ1n) is 5.74. The van der Waals surface area contributed by atoms with E-state index in [1.54, 1.807) is 11.8 Å². The zero-order valence-corrected chi connectivity index (χ0v) is 10.6. The van der Waals surface area contributed by atoms with E-state index >= 15 is 0 Å². The van der Waals surface area contributed by atoms with Gasteiger partial charge in [0.1, 0.15) is 5.92 Å². The van der Waals surface area contributed by atoms with E-state index < -0.39 is 5.92 Å². The smallest absolute Gasteiger partial charge is 0.239 e. The van der Waals surface area contributed by atoms with Crippen molar-refractivity contribution in [3.05, 3.63) is 11.6 Å². The molecule has 0 spiro atoms. The maximum atomic E-state index is 11.8. The Hall–Kier alpha value is -1.30. The summed E-state index contributed by atoms with van der Waals surface area (Å²) in [6, 6.07) is 1.99. The number of carbonyl (C=O) groups excluding carboxylic acids is 1. The van der Waals surface area contributed by atoms with Crippen LogP contribution in [0.5, 0.6) is 0 Å². The number of hydrogen-bond acceptors (Lipinski definition) is 2. The maximum absolute atomic E-state index is 11.8. The Kier molecular flexibility index (Phi) is 3.74. The standard InChI is InChI=1S/C13H20N2O/c1-10(9-14)12(16)15-7-5-11(6-8-15)13(2,3)4/h5,10H,6-8H2,1-4H3. The number of amides is 1. The van der Waals surface area contributed by atoms with Gasteiger partial charge < -0.3 is 4.90 Å². The van der Waals surface area contributed by atoms with Gasteiger partial charge in [-0.2, -0.15) is 5.26 Å². The minimum atomic E-state index is -0.524. The molecule has 88 valence electrons. The summed E-state index contributed by atoms with van der Waals surface area (Å²) >= 11 is 0. The predicted octanol–water partition coefficient (Wildman–Crippen LogP) is 2.35. The van der Waals surface area contributed by atoms with Crippen LogP contribution in [0.15, 0.2) is 11.6 Å². The molecular weight excluding hydrogens is 200 g/mol. The van der Waals surface area contributed by atoms with Crippen molar-refractivity contribution in [1.29, 1.82) is 5.26 Å². The molecule has 0 radical (unpaired) electrons. The van der Waals surface area contributed by atoms with Gasteiger partial charge in [-0.25, -0.2) is 0 Å². The van der Waals surface area contributed by atoms with Crippen molar-refractivity contribution in [2.45, 2.75) is 34.1 Å². The van der Waals surface area contributed by atoms with Crippen molar-refractivity contribution >= 4 is 5.91 Å². The van der Waals surface area contributed by atoms with Crippen LogP contribution in [0, 0.1) is 22.7 Å². The molecular formula is C13H20N2O. The molecule has 16 heavy (non-hydrogen) atoms. The number of nitriles is 1. The van der Waals surface area contributed by atoms with E-state index in [0.717, 1.165) is 13.0 Å². The largest absolute Gasteiger partial charge is 0.338 e. The highest BCUT2D eigenvalue weighted by Gasteiger charge is 2.25. The van der Waals surface area contributed by atoms with Gasteiger partial charge in [-0.05, 0) is 18.8 Å². The first-order valence-corrected chi connectivity index (χ1v) is 5.74. The molecule has 0 fully saturated rings. The Bertz CT molecular complexity index is 344. The lowest BCUT2D eigenvalue weighted by atomic mass is 9.83. The molecule has 0 bridgehead atoms. The zero-order valence-electron chi connectivity index (χ0n) is 10.6. The van der Waals surface area contributed by atoms with E-state index in [1.807, 2.05) is 6.07 Å². The van der Waals surface area contributed by atoms with E-state index in [0.29, 0.717) is 6.54 Å². The van der Waals surface area contributed by atoms with Crippen LogP contribution in [0.25, 0.3) is 0 Å². The molecule has 1 aliphatic heterocycles. The van der Waals surface area contributed by atoms with Gasteiger partial charge in [0.25, 0.3) is 0 Å². The summed E-state index contributed by atoms with van der Waals surface area (Å²) in [5.74, 6) is -0.573. The summed E-state index contributed by atoms with van der Waals surface area (Å²) < 4.78 is 0. The monoisotopic (exact) mass is 220 g/mol. The molecule has 1 heterocycles. The van der Waals surface area contributed by atoms with Crippen LogP contribution < -0.4 is 0 Å². The second kappa shape index (κ2) is 4.69. The summed E-state index contributed by atoms with van der Waals surface area (Å²) in [7, 11) is 0. The molecule has 0 aromatic carbocycles. The van der Waals surface area contributed by atoms with Crippen molar-refractivity contribution < 1.29 is 4.79 Å². The van der Waals surface area contributed by atoms with E-state index in [4.69, 9.17) is 5.26 Å². The average Bonchev–Trinajstić information content (AvgIpc) is 2.26. The number of rotatable bonds is 1. The summed E-state index contributed by atoms with van der Waals surface area (Å²) in [5.41, 5.74) is 1.59. The number of hydrogen-bond donors (Lipinski definition) is 0. The minimum Gasteiger partial charge on any atom is -0.338 e. The lowest BCUT2D eigenvalue weighted by Crippen LogP contribution is -2.39. The van der Waals surface area contributed by atoms with Crippen molar-refractivity contribution in [2.24, 2.45) is 11.3 Å². The van der Waals surface area contributed by atoms with Gasteiger partial charge in [-0.3, -0.25) is 4.79 Å². The van der Waals surface area contributed by atoms with E-state index in [1.165, 1.54) is 5.57 Å². The highest BCUT2D eigenvalue weighted by Crippen LogP contribution is 2.30. The minimum absolute atomic E-state index is 0.0493. The van der Waals surface area contributed by atoms with Crippen molar-refractivity contribution in [1.82, 2.24) is 4.90 Å². The number of nitrogens with zero attached hydrogens (tertiary/aromatic N) is 2. The highest BCUT2D eigenvalue weighted by molar-refractivity contribution is 5.81. The highest BCUT2D eigenvalue weighted by atomic mass is 16.2. The Morgan fingerprint density at radius 2 is 2.19 bits per heavy atom. The fourth-order valence-electron chi connectivity index (χ4n) is 1.88. The van der Waals surface area contributed by atoms with Gasteiger partial charge in [0.05, 0.1) is 6.07 Å². The molecule has 3 nitrogen and oxygen atoms in total. The summed E-state index contributed by atoms with van der Waals surface area (Å²) in [6.45, 7) is 9.62. The predicted molar refractivity (Wildman–Crippen MR) is 63.5 cm³/mol. The molecule has 0 aliphatic carbocycles. The molecule has 0 saturated carbocycles. The lowest BCUT2D eigenvalue weighted by Gasteiger charge is -2.32. The van der Waals surface area contributed by atoms with Crippen molar-refractivity contribution in [3.63, 3.8) is 0 Å². The van der Waals surface area contributed by atoms with Gasteiger partial charge in [0, 0.05) is 13.1 Å². The van der Waals surface area contributed by atoms with Crippen LogP contribution in [0.1, 0.15) is 34.1 Å². The third-order valence-corrected chi connectivity index (χ3v) is 3.05. The first-order chi connectivity index (χ1) is 7.36. The molecule has 1 unspecified atom stereocenters.